The molecule has 1 aromatic heterocycles. The van der Waals surface area contributed by atoms with E-state index in [4.69, 9.17) is 0 Å². The number of amides is 2. The molecule has 3 rings (SSSR count). The molecule has 126 valence electrons. The van der Waals surface area contributed by atoms with E-state index in [1.165, 1.54) is 18.4 Å². The molecule has 0 aliphatic heterocycles. The second-order valence-corrected chi connectivity index (χ2v) is 6.56. The molecular weight excluding hydrogens is 326 g/mol. The zero-order chi connectivity index (χ0) is 16.9. The molecule has 0 radical (unpaired) electrons. The number of rotatable bonds is 6. The van der Waals surface area contributed by atoms with Crippen LogP contribution in [0.4, 0.5) is 4.79 Å². The Morgan fingerprint density at radius 3 is 2.75 bits per heavy atom. The van der Waals surface area contributed by atoms with Crippen molar-refractivity contribution in [1.82, 2.24) is 15.2 Å². The van der Waals surface area contributed by atoms with E-state index in [1.807, 2.05) is 30.3 Å². The van der Waals surface area contributed by atoms with E-state index in [0.717, 1.165) is 23.4 Å². The maximum Gasteiger partial charge on any atom is 0.357 e. The fraction of sp³-hybridized carbons (Fsp3) is 0.353. The number of urea groups is 1. The molecule has 7 heteroatoms. The first-order valence-corrected chi connectivity index (χ1v) is 8.66. The van der Waals surface area contributed by atoms with Gasteiger partial charge in [-0.3, -0.25) is 0 Å². The number of methoxy groups -OCH3 is 1. The summed E-state index contributed by atoms with van der Waals surface area (Å²) in [5.41, 5.74) is 1.35. The van der Waals surface area contributed by atoms with Gasteiger partial charge in [-0.15, -0.1) is 11.3 Å². The molecule has 1 N–H and O–H groups in total. The van der Waals surface area contributed by atoms with Crippen molar-refractivity contribution in [2.75, 3.05) is 7.11 Å². The van der Waals surface area contributed by atoms with Gasteiger partial charge in [-0.25, -0.2) is 14.6 Å². The molecule has 0 saturated heterocycles. The lowest BCUT2D eigenvalue weighted by molar-refractivity contribution is 0.0594. The molecule has 0 atom stereocenters. The van der Waals surface area contributed by atoms with Crippen LogP contribution in [0.5, 0.6) is 0 Å². The van der Waals surface area contributed by atoms with E-state index < -0.39 is 5.97 Å². The van der Waals surface area contributed by atoms with Gasteiger partial charge in [-0.2, -0.15) is 0 Å². The van der Waals surface area contributed by atoms with Crippen molar-refractivity contribution in [1.29, 1.82) is 0 Å². The van der Waals surface area contributed by atoms with Crippen LogP contribution in [0.3, 0.4) is 0 Å². The molecule has 1 aliphatic carbocycles. The summed E-state index contributed by atoms with van der Waals surface area (Å²) in [4.78, 5) is 30.0. The lowest BCUT2D eigenvalue weighted by atomic mass is 10.2. The second kappa shape index (κ2) is 7.44. The highest BCUT2D eigenvalue weighted by molar-refractivity contribution is 7.09. The predicted octanol–water partition coefficient (Wildman–Crippen LogP) is 2.80. The molecular formula is C17H19N3O3S. The quantitative estimate of drug-likeness (QED) is 0.817. The minimum atomic E-state index is -0.455. The van der Waals surface area contributed by atoms with Crippen LogP contribution in [0.15, 0.2) is 35.7 Å². The van der Waals surface area contributed by atoms with Crippen molar-refractivity contribution in [2.45, 2.75) is 32.0 Å². The third kappa shape index (κ3) is 4.11. The van der Waals surface area contributed by atoms with E-state index in [9.17, 15) is 9.59 Å². The normalized spacial score (nSPS) is 13.4. The summed E-state index contributed by atoms with van der Waals surface area (Å²) in [7, 11) is 1.33. The minimum Gasteiger partial charge on any atom is -0.464 e. The van der Waals surface area contributed by atoms with Crippen molar-refractivity contribution in [3.8, 4) is 0 Å². The Bertz CT molecular complexity index is 713. The number of benzene rings is 1. The van der Waals surface area contributed by atoms with Gasteiger partial charge in [-0.05, 0) is 18.4 Å². The molecule has 24 heavy (non-hydrogen) atoms. The number of carbonyl (C=O) groups is 2. The van der Waals surface area contributed by atoms with Crippen molar-refractivity contribution in [3.63, 3.8) is 0 Å². The predicted molar refractivity (Wildman–Crippen MR) is 90.7 cm³/mol. The lowest BCUT2D eigenvalue weighted by Crippen LogP contribution is -2.40. The number of aromatic nitrogens is 1. The number of ether oxygens (including phenoxy) is 1. The summed E-state index contributed by atoms with van der Waals surface area (Å²) < 4.78 is 4.66. The largest absolute Gasteiger partial charge is 0.464 e. The van der Waals surface area contributed by atoms with Gasteiger partial charge in [0.15, 0.2) is 5.69 Å². The van der Waals surface area contributed by atoms with E-state index in [-0.39, 0.29) is 17.8 Å². The third-order valence-corrected chi connectivity index (χ3v) is 4.62. The Kier molecular flexibility index (Phi) is 5.10. The molecule has 0 spiro atoms. The van der Waals surface area contributed by atoms with Crippen molar-refractivity contribution in [3.05, 3.63) is 52.0 Å². The maximum atomic E-state index is 12.5. The fourth-order valence-corrected chi connectivity index (χ4v) is 3.12. The van der Waals surface area contributed by atoms with Crippen LogP contribution < -0.4 is 5.32 Å². The van der Waals surface area contributed by atoms with Gasteiger partial charge in [0.05, 0.1) is 13.7 Å². The van der Waals surface area contributed by atoms with Gasteiger partial charge in [0.25, 0.3) is 0 Å². The number of hydrogen-bond acceptors (Lipinski definition) is 5. The minimum absolute atomic E-state index is 0.101. The monoisotopic (exact) mass is 345 g/mol. The fourth-order valence-electron chi connectivity index (χ4n) is 2.36. The Morgan fingerprint density at radius 1 is 1.33 bits per heavy atom. The first-order valence-electron chi connectivity index (χ1n) is 7.78. The molecule has 6 nitrogen and oxygen atoms in total. The number of esters is 1. The van der Waals surface area contributed by atoms with Crippen LogP contribution in [0.25, 0.3) is 0 Å². The van der Waals surface area contributed by atoms with Gasteiger partial charge < -0.3 is 15.0 Å². The smallest absolute Gasteiger partial charge is 0.357 e. The van der Waals surface area contributed by atoms with Gasteiger partial charge in [0, 0.05) is 18.0 Å². The number of hydrogen-bond donors (Lipinski definition) is 1. The summed E-state index contributed by atoms with van der Waals surface area (Å²) in [5.74, 6) is -0.455. The molecule has 0 unspecified atom stereocenters. The van der Waals surface area contributed by atoms with E-state index in [1.54, 1.807) is 10.3 Å². The second-order valence-electron chi connectivity index (χ2n) is 5.62. The van der Waals surface area contributed by atoms with Crippen LogP contribution in [-0.2, 0) is 17.8 Å². The van der Waals surface area contributed by atoms with E-state index in [0.29, 0.717) is 13.1 Å². The highest BCUT2D eigenvalue weighted by atomic mass is 32.1. The molecule has 1 fully saturated rings. The van der Waals surface area contributed by atoms with Crippen LogP contribution in [0.2, 0.25) is 0 Å². The van der Waals surface area contributed by atoms with Crippen molar-refractivity contribution in [2.24, 2.45) is 0 Å². The van der Waals surface area contributed by atoms with Crippen LogP contribution in [0, 0.1) is 0 Å². The summed E-state index contributed by atoms with van der Waals surface area (Å²) in [5, 5.41) is 5.35. The first kappa shape index (κ1) is 16.4. The standard InChI is InChI=1S/C17H19N3O3S/c1-23-16(21)14-11-24-15(19-14)10-20(13-7-8-13)17(22)18-9-12-5-3-2-4-6-12/h2-6,11,13H,7-10H2,1H3,(H,18,22). The summed E-state index contributed by atoms with van der Waals surface area (Å²) in [6.07, 6.45) is 2.02. The molecule has 1 aromatic carbocycles. The summed E-state index contributed by atoms with van der Waals surface area (Å²) >= 11 is 1.37. The van der Waals surface area contributed by atoms with Gasteiger partial charge >= 0.3 is 12.0 Å². The van der Waals surface area contributed by atoms with E-state index in [2.05, 4.69) is 15.0 Å². The highest BCUT2D eigenvalue weighted by Crippen LogP contribution is 2.29. The summed E-state index contributed by atoms with van der Waals surface area (Å²) in [6, 6.07) is 9.95. The zero-order valence-electron chi connectivity index (χ0n) is 13.4. The molecule has 1 aliphatic rings. The Morgan fingerprint density at radius 2 is 2.08 bits per heavy atom. The summed E-state index contributed by atoms with van der Waals surface area (Å²) in [6.45, 7) is 0.904. The molecule has 1 saturated carbocycles. The highest BCUT2D eigenvalue weighted by Gasteiger charge is 2.33. The topological polar surface area (TPSA) is 71.5 Å². The van der Waals surface area contributed by atoms with Gasteiger partial charge in [0.2, 0.25) is 0 Å². The average Bonchev–Trinajstić information content (AvgIpc) is 3.35. The number of carbonyl (C=O) groups excluding carboxylic acids is 2. The van der Waals surface area contributed by atoms with Crippen molar-refractivity contribution < 1.29 is 14.3 Å². The molecule has 2 amide bonds. The SMILES string of the molecule is COC(=O)c1csc(CN(C(=O)NCc2ccccc2)C2CC2)n1. The first-order chi connectivity index (χ1) is 11.7. The molecule has 2 aromatic rings. The zero-order valence-corrected chi connectivity index (χ0v) is 14.2. The number of thiazole rings is 1. The maximum absolute atomic E-state index is 12.5. The number of nitrogens with zero attached hydrogens (tertiary/aromatic N) is 2. The van der Waals surface area contributed by atoms with Crippen molar-refractivity contribution >= 4 is 23.3 Å². The lowest BCUT2D eigenvalue weighted by Gasteiger charge is -2.21. The Labute approximate surface area is 144 Å². The van der Waals surface area contributed by atoms with Gasteiger partial charge in [-0.1, -0.05) is 30.3 Å². The molecule has 0 bridgehead atoms. The van der Waals surface area contributed by atoms with E-state index >= 15 is 0 Å². The third-order valence-electron chi connectivity index (χ3n) is 3.79. The number of nitrogens with one attached hydrogen (secondary N) is 1. The Hall–Kier alpha value is -2.41. The van der Waals surface area contributed by atoms with Gasteiger partial charge in [0.1, 0.15) is 5.01 Å². The van der Waals surface area contributed by atoms with Crippen LogP contribution in [-0.4, -0.2) is 35.0 Å². The molecule has 1 heterocycles. The van der Waals surface area contributed by atoms with Crippen LogP contribution in [0.1, 0.15) is 33.9 Å². The Balaban J connectivity index is 1.61. The van der Waals surface area contributed by atoms with Crippen LogP contribution >= 0.6 is 11.3 Å². The average molecular weight is 345 g/mol.